The zero-order chi connectivity index (χ0) is 23.7. The SMILES string of the molecule is C#Cc1cnn2c(-c3cc(NC(C)C)c(-c4nnc(C5CCC(C#N)CC5)s4)cn3)ccc2c1. The topological polar surface area (TPSA) is 91.8 Å². The summed E-state index contributed by atoms with van der Waals surface area (Å²) >= 11 is 1.63. The van der Waals surface area contributed by atoms with Crippen LogP contribution >= 0.6 is 11.3 Å². The number of pyridine rings is 1. The number of nitrogens with zero attached hydrogens (tertiary/aromatic N) is 6. The zero-order valence-corrected chi connectivity index (χ0v) is 20.0. The van der Waals surface area contributed by atoms with Crippen molar-refractivity contribution in [2.24, 2.45) is 5.92 Å². The second kappa shape index (κ2) is 9.24. The summed E-state index contributed by atoms with van der Waals surface area (Å²) in [5, 5.41) is 28.2. The van der Waals surface area contributed by atoms with E-state index in [9.17, 15) is 5.26 Å². The van der Waals surface area contributed by atoms with Crippen molar-refractivity contribution in [2.45, 2.75) is 51.5 Å². The Morgan fingerprint density at radius 1 is 1.15 bits per heavy atom. The Labute approximate surface area is 202 Å². The van der Waals surface area contributed by atoms with E-state index in [-0.39, 0.29) is 12.0 Å². The van der Waals surface area contributed by atoms with Crippen LogP contribution in [-0.2, 0) is 0 Å². The molecule has 0 aliphatic heterocycles. The van der Waals surface area contributed by atoms with Gasteiger partial charge in [0.25, 0.3) is 0 Å². The van der Waals surface area contributed by atoms with Gasteiger partial charge in [0.1, 0.15) is 5.01 Å². The van der Waals surface area contributed by atoms with Crippen molar-refractivity contribution in [3.05, 3.63) is 47.2 Å². The Bertz CT molecular complexity index is 1410. The van der Waals surface area contributed by atoms with Gasteiger partial charge in [-0.25, -0.2) is 4.52 Å². The molecule has 34 heavy (non-hydrogen) atoms. The zero-order valence-electron chi connectivity index (χ0n) is 19.2. The number of anilines is 1. The number of fused-ring (bicyclic) bond motifs is 1. The normalized spacial score (nSPS) is 18.0. The summed E-state index contributed by atoms with van der Waals surface area (Å²) in [5.74, 6) is 3.19. The van der Waals surface area contributed by atoms with Crippen LogP contribution in [0.25, 0.3) is 27.5 Å². The highest BCUT2D eigenvalue weighted by Crippen LogP contribution is 2.40. The van der Waals surface area contributed by atoms with E-state index in [0.29, 0.717) is 5.92 Å². The minimum Gasteiger partial charge on any atom is -0.382 e. The molecule has 1 N–H and O–H groups in total. The monoisotopic (exact) mass is 467 g/mol. The Kier molecular flexibility index (Phi) is 6.00. The molecule has 0 saturated heterocycles. The van der Waals surface area contributed by atoms with Crippen LogP contribution in [0.15, 0.2) is 36.7 Å². The van der Waals surface area contributed by atoms with Crippen molar-refractivity contribution in [3.63, 3.8) is 0 Å². The van der Waals surface area contributed by atoms with E-state index in [1.54, 1.807) is 17.5 Å². The first-order valence-corrected chi connectivity index (χ1v) is 12.3. The van der Waals surface area contributed by atoms with Gasteiger partial charge < -0.3 is 5.32 Å². The molecule has 0 bridgehead atoms. The predicted molar refractivity (Wildman–Crippen MR) is 134 cm³/mol. The Hall–Kier alpha value is -3.75. The van der Waals surface area contributed by atoms with Gasteiger partial charge in [0.2, 0.25) is 0 Å². The molecule has 1 aliphatic rings. The fraction of sp³-hybridized carbons (Fsp3) is 0.346. The third kappa shape index (κ3) is 4.25. The summed E-state index contributed by atoms with van der Waals surface area (Å²) in [7, 11) is 0. The summed E-state index contributed by atoms with van der Waals surface area (Å²) in [5.41, 5.74) is 5.28. The standard InChI is InChI=1S/C26H25N7S/c1-4-17-11-20-9-10-24(33(20)29-14-17)23-12-22(30-16(2)3)21(15-28-23)26-32-31-25(34-26)19-7-5-18(13-27)6-8-19/h1,9-12,14-16,18-19H,5-8H2,2-3H3,(H,28,30). The number of terminal acetylenes is 1. The minimum atomic E-state index is 0.181. The maximum absolute atomic E-state index is 9.17. The lowest BCUT2D eigenvalue weighted by Crippen LogP contribution is -2.11. The molecule has 0 amide bonds. The molecule has 5 rings (SSSR count). The molecule has 7 nitrogen and oxygen atoms in total. The van der Waals surface area contributed by atoms with Crippen LogP contribution < -0.4 is 5.32 Å². The van der Waals surface area contributed by atoms with Crippen LogP contribution in [0.2, 0.25) is 0 Å². The molecule has 170 valence electrons. The Morgan fingerprint density at radius 2 is 1.97 bits per heavy atom. The van der Waals surface area contributed by atoms with Crippen molar-refractivity contribution in [1.82, 2.24) is 24.8 Å². The van der Waals surface area contributed by atoms with Crippen molar-refractivity contribution in [2.75, 3.05) is 5.32 Å². The van der Waals surface area contributed by atoms with Crippen molar-refractivity contribution in [1.29, 1.82) is 5.26 Å². The minimum absolute atomic E-state index is 0.181. The number of rotatable bonds is 5. The first-order chi connectivity index (χ1) is 16.6. The van der Waals surface area contributed by atoms with E-state index in [1.807, 2.05) is 35.0 Å². The summed E-state index contributed by atoms with van der Waals surface area (Å²) in [6, 6.07) is 10.6. The van der Waals surface area contributed by atoms with E-state index in [1.165, 1.54) is 0 Å². The van der Waals surface area contributed by atoms with Gasteiger partial charge in [-0.15, -0.1) is 16.6 Å². The number of nitriles is 1. The fourth-order valence-corrected chi connectivity index (χ4v) is 5.48. The molecule has 8 heteroatoms. The van der Waals surface area contributed by atoms with Gasteiger partial charge in [-0.3, -0.25) is 4.98 Å². The van der Waals surface area contributed by atoms with E-state index in [0.717, 1.165) is 69.4 Å². The molecule has 0 radical (unpaired) electrons. The molecule has 4 aromatic heterocycles. The lowest BCUT2D eigenvalue weighted by molar-refractivity contribution is 0.380. The first kappa shape index (κ1) is 22.1. The van der Waals surface area contributed by atoms with Crippen molar-refractivity contribution in [3.8, 4) is 40.4 Å². The number of nitrogens with one attached hydrogen (secondary N) is 1. The molecule has 1 saturated carbocycles. The highest BCUT2D eigenvalue weighted by atomic mass is 32.1. The molecule has 0 atom stereocenters. The summed E-state index contributed by atoms with van der Waals surface area (Å²) < 4.78 is 1.85. The van der Waals surface area contributed by atoms with Gasteiger partial charge in [0, 0.05) is 35.3 Å². The molecule has 4 aromatic rings. The van der Waals surface area contributed by atoms with E-state index in [4.69, 9.17) is 11.4 Å². The van der Waals surface area contributed by atoms with Crippen LogP contribution in [0.5, 0.6) is 0 Å². The number of hydrogen-bond donors (Lipinski definition) is 1. The molecule has 1 fully saturated rings. The van der Waals surface area contributed by atoms with Crippen molar-refractivity contribution < 1.29 is 0 Å². The summed E-state index contributed by atoms with van der Waals surface area (Å²) in [4.78, 5) is 4.76. The van der Waals surface area contributed by atoms with Gasteiger partial charge in [-0.05, 0) is 63.8 Å². The largest absolute Gasteiger partial charge is 0.382 e. The van der Waals surface area contributed by atoms with E-state index in [2.05, 4.69) is 46.4 Å². The molecular weight excluding hydrogens is 442 g/mol. The van der Waals surface area contributed by atoms with Crippen molar-refractivity contribution >= 4 is 22.5 Å². The predicted octanol–water partition coefficient (Wildman–Crippen LogP) is 5.51. The van der Waals surface area contributed by atoms with Crippen LogP contribution in [0.3, 0.4) is 0 Å². The Morgan fingerprint density at radius 3 is 2.71 bits per heavy atom. The molecule has 0 unspecified atom stereocenters. The molecule has 4 heterocycles. The molecule has 1 aliphatic carbocycles. The molecule has 0 aromatic carbocycles. The number of aromatic nitrogens is 5. The van der Waals surface area contributed by atoms with Gasteiger partial charge in [-0.2, -0.15) is 10.4 Å². The van der Waals surface area contributed by atoms with E-state index < -0.39 is 0 Å². The lowest BCUT2D eigenvalue weighted by atomic mass is 9.83. The van der Waals surface area contributed by atoms with Gasteiger partial charge in [-0.1, -0.05) is 17.3 Å². The van der Waals surface area contributed by atoms with E-state index >= 15 is 0 Å². The van der Waals surface area contributed by atoms with Crippen LogP contribution in [0.1, 0.15) is 56.0 Å². The smallest absolute Gasteiger partial charge is 0.151 e. The highest BCUT2D eigenvalue weighted by molar-refractivity contribution is 7.14. The summed E-state index contributed by atoms with van der Waals surface area (Å²) in [6.07, 6.45) is 12.9. The van der Waals surface area contributed by atoms with Crippen LogP contribution in [0.4, 0.5) is 5.69 Å². The second-order valence-corrected chi connectivity index (χ2v) is 9.99. The number of hydrogen-bond acceptors (Lipinski definition) is 7. The van der Waals surface area contributed by atoms with Gasteiger partial charge >= 0.3 is 0 Å². The Balaban J connectivity index is 1.48. The average Bonchev–Trinajstić information content (AvgIpc) is 3.51. The maximum Gasteiger partial charge on any atom is 0.151 e. The lowest BCUT2D eigenvalue weighted by Gasteiger charge is -2.22. The first-order valence-electron chi connectivity index (χ1n) is 11.5. The third-order valence-electron chi connectivity index (χ3n) is 6.21. The maximum atomic E-state index is 9.17. The molecule has 0 spiro atoms. The third-order valence-corrected chi connectivity index (χ3v) is 7.33. The molecular formula is C26H25N7S. The van der Waals surface area contributed by atoms with Gasteiger partial charge in [0.05, 0.1) is 34.7 Å². The highest BCUT2D eigenvalue weighted by Gasteiger charge is 2.26. The van der Waals surface area contributed by atoms with Crippen LogP contribution in [-0.4, -0.2) is 30.8 Å². The van der Waals surface area contributed by atoms with Gasteiger partial charge in [0.15, 0.2) is 5.01 Å². The summed E-state index contributed by atoms with van der Waals surface area (Å²) in [6.45, 7) is 4.22. The second-order valence-electron chi connectivity index (χ2n) is 8.98. The quantitative estimate of drug-likeness (QED) is 0.389. The average molecular weight is 468 g/mol. The van der Waals surface area contributed by atoms with Crippen LogP contribution in [0, 0.1) is 29.6 Å². The fourth-order valence-electron chi connectivity index (χ4n) is 4.45.